The van der Waals surface area contributed by atoms with E-state index in [0.717, 1.165) is 83.1 Å². The number of hydrogen-bond acceptors (Lipinski definition) is 4. The van der Waals surface area contributed by atoms with Crippen molar-refractivity contribution >= 4 is 16.8 Å². The average molecular weight is 487 g/mol. The van der Waals surface area contributed by atoms with Crippen LogP contribution in [0, 0.1) is 6.92 Å². The van der Waals surface area contributed by atoms with E-state index in [2.05, 4.69) is 40.1 Å². The van der Waals surface area contributed by atoms with Gasteiger partial charge in [-0.3, -0.25) is 4.98 Å². The number of rotatable bonds is 3. The third kappa shape index (κ3) is 3.83. The van der Waals surface area contributed by atoms with Crippen molar-refractivity contribution in [1.29, 1.82) is 0 Å². The summed E-state index contributed by atoms with van der Waals surface area (Å²) in [6.45, 7) is 5.62. The number of amides is 2. The van der Waals surface area contributed by atoms with E-state index in [9.17, 15) is 4.79 Å². The van der Waals surface area contributed by atoms with Gasteiger partial charge in [0.25, 0.3) is 0 Å². The zero-order valence-electron chi connectivity index (χ0n) is 21.0. The number of benzene rings is 1. The van der Waals surface area contributed by atoms with Crippen LogP contribution in [0.1, 0.15) is 35.8 Å². The maximum absolute atomic E-state index is 12.5. The van der Waals surface area contributed by atoms with E-state index in [1.54, 1.807) is 7.05 Å². The van der Waals surface area contributed by atoms with Crippen LogP contribution in [0.2, 0.25) is 0 Å². The molecule has 186 valence electrons. The van der Waals surface area contributed by atoms with E-state index < -0.39 is 0 Å². The zero-order chi connectivity index (χ0) is 24.8. The number of aromatic nitrogens is 5. The van der Waals surface area contributed by atoms with E-state index in [-0.39, 0.29) is 6.03 Å². The Morgan fingerprint density at radius 3 is 2.81 bits per heavy atom. The van der Waals surface area contributed by atoms with Gasteiger partial charge in [0.1, 0.15) is 11.5 Å². The molecule has 0 unspecified atom stereocenters. The molecule has 0 atom stereocenters. The summed E-state index contributed by atoms with van der Waals surface area (Å²) in [6, 6.07) is 8.42. The first-order chi connectivity index (χ1) is 17.5. The van der Waals surface area contributed by atoms with E-state index in [4.69, 9.17) is 14.7 Å². The summed E-state index contributed by atoms with van der Waals surface area (Å²) in [5.41, 5.74) is 6.20. The summed E-state index contributed by atoms with van der Waals surface area (Å²) in [6.07, 6.45) is 5.90. The van der Waals surface area contributed by atoms with Gasteiger partial charge < -0.3 is 19.5 Å². The monoisotopic (exact) mass is 486 g/mol. The Morgan fingerprint density at radius 2 is 2.06 bits per heavy atom. The Labute approximate surface area is 210 Å². The first-order valence-corrected chi connectivity index (χ1v) is 12.6. The highest BCUT2D eigenvalue weighted by atomic mass is 16.5. The van der Waals surface area contributed by atoms with Crippen LogP contribution < -0.4 is 10.00 Å². The molecule has 3 aromatic heterocycles. The molecule has 2 amide bonds. The molecule has 9 heteroatoms. The molecular weight excluding hydrogens is 454 g/mol. The molecule has 0 aliphatic carbocycles. The van der Waals surface area contributed by atoms with Crippen molar-refractivity contribution in [3.63, 3.8) is 0 Å². The van der Waals surface area contributed by atoms with Crippen molar-refractivity contribution in [2.45, 2.75) is 38.8 Å². The number of urea groups is 1. The molecule has 1 saturated heterocycles. The summed E-state index contributed by atoms with van der Waals surface area (Å²) < 4.78 is 9.91. The van der Waals surface area contributed by atoms with Crippen molar-refractivity contribution in [1.82, 2.24) is 29.9 Å². The van der Waals surface area contributed by atoms with Gasteiger partial charge in [-0.25, -0.2) is 9.78 Å². The highest BCUT2D eigenvalue weighted by Gasteiger charge is 2.31. The molecule has 0 bridgehead atoms. The minimum atomic E-state index is -0.0546. The van der Waals surface area contributed by atoms with Gasteiger partial charge in [-0.2, -0.15) is 5.10 Å². The first kappa shape index (κ1) is 22.7. The van der Waals surface area contributed by atoms with Crippen LogP contribution in [0.5, 0.6) is 0 Å². The predicted molar refractivity (Wildman–Crippen MR) is 136 cm³/mol. The number of hydrogen-bond donors (Lipinski definition) is 2. The lowest BCUT2D eigenvalue weighted by molar-refractivity contribution is -0.726. The van der Waals surface area contributed by atoms with Crippen LogP contribution in [0.3, 0.4) is 0 Å². The second kappa shape index (κ2) is 9.05. The summed E-state index contributed by atoms with van der Waals surface area (Å²) in [5.74, 6) is 1.49. The van der Waals surface area contributed by atoms with Crippen LogP contribution in [0.15, 0.2) is 36.7 Å². The normalized spacial score (nSPS) is 16.4. The molecule has 1 aromatic carbocycles. The van der Waals surface area contributed by atoms with Gasteiger partial charge in [-0.05, 0) is 36.8 Å². The number of nitrogens with zero attached hydrogens (tertiary/aromatic N) is 5. The Hall–Kier alpha value is -3.72. The highest BCUT2D eigenvalue weighted by Crippen LogP contribution is 2.39. The van der Waals surface area contributed by atoms with Gasteiger partial charge in [0.15, 0.2) is 13.2 Å². The molecule has 0 radical (unpaired) electrons. The van der Waals surface area contributed by atoms with Crippen LogP contribution in [-0.2, 0) is 24.9 Å². The van der Waals surface area contributed by atoms with Crippen LogP contribution >= 0.6 is 0 Å². The predicted octanol–water partition coefficient (Wildman–Crippen LogP) is 3.28. The minimum absolute atomic E-state index is 0.0546. The number of aryl methyl sites for hydroxylation is 2. The molecule has 2 aliphatic rings. The number of carbonyl (C=O) groups is 1. The van der Waals surface area contributed by atoms with E-state index in [0.29, 0.717) is 19.0 Å². The van der Waals surface area contributed by atoms with Crippen molar-refractivity contribution in [3.8, 4) is 22.6 Å². The maximum Gasteiger partial charge on any atom is 0.317 e. The number of imidazole rings is 1. The fourth-order valence-corrected chi connectivity index (χ4v) is 5.58. The van der Waals surface area contributed by atoms with E-state index >= 15 is 0 Å². The van der Waals surface area contributed by atoms with Gasteiger partial charge in [-0.1, -0.05) is 12.1 Å². The van der Waals surface area contributed by atoms with Gasteiger partial charge in [0.2, 0.25) is 0 Å². The maximum atomic E-state index is 12.5. The zero-order valence-corrected chi connectivity index (χ0v) is 21.0. The SMILES string of the molecule is CNC(=O)N1CCn2c(C3CCOCC3)nc(-c3c(C)ccc4cc(-c5cc[n+](C)[nH]5)ncc34)c2C1. The number of ether oxygens (including phenoxy) is 1. The highest BCUT2D eigenvalue weighted by molar-refractivity contribution is 5.98. The molecule has 5 heterocycles. The lowest BCUT2D eigenvalue weighted by Crippen LogP contribution is -2.43. The first-order valence-electron chi connectivity index (χ1n) is 12.6. The summed E-state index contributed by atoms with van der Waals surface area (Å²) in [7, 11) is 3.65. The summed E-state index contributed by atoms with van der Waals surface area (Å²) >= 11 is 0. The average Bonchev–Trinajstić information content (AvgIpc) is 3.52. The topological polar surface area (TPSA) is 92.0 Å². The van der Waals surface area contributed by atoms with E-state index in [1.807, 2.05) is 35.1 Å². The molecule has 6 rings (SSSR count). The van der Waals surface area contributed by atoms with Crippen molar-refractivity contribution in [2.24, 2.45) is 7.05 Å². The van der Waals surface area contributed by atoms with E-state index in [1.165, 1.54) is 0 Å². The molecule has 2 aliphatic heterocycles. The standard InChI is InChI=1S/C27H31N7O2/c1-17-4-5-19-14-22(21-6-9-32(3)31-21)29-15-20(19)24(17)25-23-16-33(27(35)28-2)10-11-34(23)26(30-25)18-7-12-36-13-8-18/h4-6,9,14-15,18H,7-8,10-13,16H2,1-3H3,(H,28,35)/p+1. The third-order valence-corrected chi connectivity index (χ3v) is 7.51. The summed E-state index contributed by atoms with van der Waals surface area (Å²) in [4.78, 5) is 24.5. The number of aromatic amines is 1. The molecule has 0 saturated carbocycles. The second-order valence-electron chi connectivity index (χ2n) is 9.78. The number of fused-ring (bicyclic) bond motifs is 2. The molecule has 0 spiro atoms. The van der Waals surface area contributed by atoms with Gasteiger partial charge in [0.05, 0.1) is 23.6 Å². The molecular formula is C27H32N7O2+. The number of carbonyl (C=O) groups excluding carboxylic acids is 1. The lowest BCUT2D eigenvalue weighted by atomic mass is 9.96. The minimum Gasteiger partial charge on any atom is -0.381 e. The Bertz CT molecular complexity index is 1450. The smallest absolute Gasteiger partial charge is 0.317 e. The Balaban J connectivity index is 1.51. The van der Waals surface area contributed by atoms with Crippen molar-refractivity contribution in [3.05, 3.63) is 53.7 Å². The van der Waals surface area contributed by atoms with Crippen molar-refractivity contribution in [2.75, 3.05) is 26.8 Å². The molecule has 4 aromatic rings. The summed E-state index contributed by atoms with van der Waals surface area (Å²) in [5, 5.41) is 8.28. The quantitative estimate of drug-likeness (QED) is 0.435. The van der Waals surface area contributed by atoms with Crippen LogP contribution in [0.25, 0.3) is 33.4 Å². The molecule has 1 fully saturated rings. The largest absolute Gasteiger partial charge is 0.381 e. The molecule has 36 heavy (non-hydrogen) atoms. The van der Waals surface area contributed by atoms with Crippen LogP contribution in [0.4, 0.5) is 4.79 Å². The fourth-order valence-electron chi connectivity index (χ4n) is 5.58. The fraction of sp³-hybridized carbons (Fsp3) is 0.407. The van der Waals surface area contributed by atoms with Gasteiger partial charge in [-0.15, -0.1) is 4.68 Å². The molecule has 9 nitrogen and oxygen atoms in total. The van der Waals surface area contributed by atoms with Crippen LogP contribution in [-0.4, -0.2) is 57.4 Å². The Morgan fingerprint density at radius 1 is 1.22 bits per heavy atom. The number of pyridine rings is 1. The second-order valence-corrected chi connectivity index (χ2v) is 9.78. The molecule has 2 N–H and O–H groups in total. The number of nitrogens with one attached hydrogen (secondary N) is 2. The van der Waals surface area contributed by atoms with Crippen molar-refractivity contribution < 1.29 is 14.2 Å². The number of H-pyrrole nitrogens is 1. The third-order valence-electron chi connectivity index (χ3n) is 7.51. The Kier molecular flexibility index (Phi) is 5.72. The lowest BCUT2D eigenvalue weighted by Gasteiger charge is -2.31. The van der Waals surface area contributed by atoms with Gasteiger partial charge >= 0.3 is 6.03 Å². The van der Waals surface area contributed by atoms with Gasteiger partial charge in [0, 0.05) is 62.5 Å².